The number of rotatable bonds is 7. The second-order valence-corrected chi connectivity index (χ2v) is 5.62. The normalized spacial score (nSPS) is 10.9. The van der Waals surface area contributed by atoms with E-state index in [1.54, 1.807) is 23.7 Å². The van der Waals surface area contributed by atoms with Crippen LogP contribution < -0.4 is 0 Å². The summed E-state index contributed by atoms with van der Waals surface area (Å²) in [4.78, 5) is 16.3. The predicted molar refractivity (Wildman–Crippen MR) is 87.9 cm³/mol. The molecule has 0 aliphatic carbocycles. The number of aryl methyl sites for hydroxylation is 2. The molecule has 0 N–H and O–H groups in total. The molecule has 0 unspecified atom stereocenters. The molecular weight excluding hydrogens is 341 g/mol. The summed E-state index contributed by atoms with van der Waals surface area (Å²) >= 11 is 0. The highest BCUT2D eigenvalue weighted by Gasteiger charge is 2.18. The number of nitrogens with zero attached hydrogens (tertiary/aromatic N) is 7. The molecule has 2 heterocycles. The third-order valence-corrected chi connectivity index (χ3v) is 3.68. The van der Waals surface area contributed by atoms with Crippen LogP contribution in [0.1, 0.15) is 42.0 Å². The van der Waals surface area contributed by atoms with Gasteiger partial charge in [0.2, 0.25) is 0 Å². The van der Waals surface area contributed by atoms with Crippen molar-refractivity contribution in [3.05, 3.63) is 47.6 Å². The molecule has 0 aliphatic heterocycles. The van der Waals surface area contributed by atoms with E-state index >= 15 is 0 Å². The molecule has 9 nitrogen and oxygen atoms in total. The Morgan fingerprint density at radius 3 is 2.77 bits per heavy atom. The summed E-state index contributed by atoms with van der Waals surface area (Å²) < 4.78 is 21.3. The first-order valence-corrected chi connectivity index (χ1v) is 8.20. The van der Waals surface area contributed by atoms with Crippen LogP contribution in [0.4, 0.5) is 4.39 Å². The molecule has 0 amide bonds. The molecule has 0 bridgehead atoms. The first-order valence-electron chi connectivity index (χ1n) is 8.20. The van der Waals surface area contributed by atoms with Crippen LogP contribution in [-0.2, 0) is 17.9 Å². The van der Waals surface area contributed by atoms with E-state index in [1.807, 2.05) is 0 Å². The molecule has 0 aliphatic rings. The molecule has 0 spiro atoms. The Labute approximate surface area is 148 Å². The second-order valence-electron chi connectivity index (χ2n) is 5.62. The third-order valence-electron chi connectivity index (χ3n) is 3.68. The lowest BCUT2D eigenvalue weighted by Gasteiger charge is -2.04. The van der Waals surface area contributed by atoms with Crippen molar-refractivity contribution in [1.82, 2.24) is 35.0 Å². The molecule has 0 saturated carbocycles. The summed E-state index contributed by atoms with van der Waals surface area (Å²) in [5.74, 6) is -0.178. The number of esters is 1. The fourth-order valence-electron chi connectivity index (χ4n) is 2.31. The Morgan fingerprint density at radius 2 is 2.04 bits per heavy atom. The van der Waals surface area contributed by atoms with Gasteiger partial charge in [0.25, 0.3) is 5.82 Å². The van der Waals surface area contributed by atoms with Gasteiger partial charge >= 0.3 is 5.97 Å². The zero-order chi connectivity index (χ0) is 18.5. The molecule has 0 fully saturated rings. The number of carbonyl (C=O) groups is 1. The summed E-state index contributed by atoms with van der Waals surface area (Å²) in [6.07, 6.45) is 1.93. The summed E-state index contributed by atoms with van der Waals surface area (Å²) in [5, 5.41) is 15.5. The number of unbranched alkanes of at least 4 members (excludes halogenated alkanes) is 1. The number of carbonyl (C=O) groups excluding carboxylic acids is 1. The van der Waals surface area contributed by atoms with Crippen molar-refractivity contribution in [3.63, 3.8) is 0 Å². The van der Waals surface area contributed by atoms with Gasteiger partial charge < -0.3 is 4.74 Å². The maximum absolute atomic E-state index is 13.0. The van der Waals surface area contributed by atoms with Gasteiger partial charge in [-0.25, -0.2) is 23.5 Å². The fourth-order valence-corrected chi connectivity index (χ4v) is 2.31. The minimum absolute atomic E-state index is 0.0698. The SMILES string of the molecule is CCCCn1nnnc1COC(=O)c1nc(C)n(-c2ccc(F)cc2)n1. The Kier molecular flexibility index (Phi) is 5.30. The van der Waals surface area contributed by atoms with Gasteiger partial charge in [0.1, 0.15) is 11.6 Å². The molecular formula is C16H18FN7O2. The maximum Gasteiger partial charge on any atom is 0.378 e. The number of hydrogen-bond donors (Lipinski definition) is 0. The molecule has 10 heteroatoms. The average molecular weight is 359 g/mol. The maximum atomic E-state index is 13.0. The molecule has 136 valence electrons. The van der Waals surface area contributed by atoms with E-state index in [0.29, 0.717) is 23.9 Å². The Morgan fingerprint density at radius 1 is 1.27 bits per heavy atom. The Balaban J connectivity index is 1.68. The number of hydrogen-bond acceptors (Lipinski definition) is 7. The van der Waals surface area contributed by atoms with E-state index in [9.17, 15) is 9.18 Å². The molecule has 0 radical (unpaired) electrons. The minimum atomic E-state index is -0.681. The van der Waals surface area contributed by atoms with E-state index < -0.39 is 5.97 Å². The van der Waals surface area contributed by atoms with E-state index in [1.165, 1.54) is 16.8 Å². The van der Waals surface area contributed by atoms with Gasteiger partial charge in [-0.2, -0.15) is 0 Å². The van der Waals surface area contributed by atoms with Crippen LogP contribution in [0.25, 0.3) is 5.69 Å². The molecule has 0 saturated heterocycles. The van der Waals surface area contributed by atoms with Crippen molar-refractivity contribution in [3.8, 4) is 5.69 Å². The van der Waals surface area contributed by atoms with Gasteiger partial charge in [0.15, 0.2) is 12.4 Å². The third kappa shape index (κ3) is 3.90. The largest absolute Gasteiger partial charge is 0.451 e. The van der Waals surface area contributed by atoms with Gasteiger partial charge in [-0.15, -0.1) is 10.2 Å². The molecule has 3 aromatic rings. The minimum Gasteiger partial charge on any atom is -0.451 e. The number of halogens is 1. The summed E-state index contributed by atoms with van der Waals surface area (Å²) in [5.41, 5.74) is 0.596. The van der Waals surface area contributed by atoms with Crippen molar-refractivity contribution in [1.29, 1.82) is 0 Å². The zero-order valence-electron chi connectivity index (χ0n) is 14.5. The van der Waals surface area contributed by atoms with Crippen LogP contribution >= 0.6 is 0 Å². The standard InChI is InChI=1S/C16H18FN7O2/c1-3-4-9-23-14(19-21-22-23)10-26-16(25)15-18-11(2)24(20-15)13-7-5-12(17)6-8-13/h5-8H,3-4,9-10H2,1-2H3. The van der Waals surface area contributed by atoms with E-state index in [0.717, 1.165) is 12.8 Å². The summed E-state index contributed by atoms with van der Waals surface area (Å²) in [7, 11) is 0. The number of ether oxygens (including phenoxy) is 1. The van der Waals surface area contributed by atoms with Crippen LogP contribution in [-0.4, -0.2) is 40.9 Å². The van der Waals surface area contributed by atoms with E-state index in [-0.39, 0.29) is 18.2 Å². The van der Waals surface area contributed by atoms with Crippen LogP contribution in [0.5, 0.6) is 0 Å². The first kappa shape index (κ1) is 17.6. The van der Waals surface area contributed by atoms with Crippen molar-refractivity contribution in [2.24, 2.45) is 0 Å². The van der Waals surface area contributed by atoms with Crippen molar-refractivity contribution in [2.75, 3.05) is 0 Å². The molecule has 26 heavy (non-hydrogen) atoms. The highest BCUT2D eigenvalue weighted by Crippen LogP contribution is 2.11. The smallest absolute Gasteiger partial charge is 0.378 e. The zero-order valence-corrected chi connectivity index (χ0v) is 14.5. The highest BCUT2D eigenvalue weighted by atomic mass is 19.1. The number of tetrazole rings is 1. The lowest BCUT2D eigenvalue weighted by molar-refractivity contribution is 0.0442. The Bertz CT molecular complexity index is 888. The average Bonchev–Trinajstić information content (AvgIpc) is 3.25. The highest BCUT2D eigenvalue weighted by molar-refractivity contribution is 5.85. The van der Waals surface area contributed by atoms with Gasteiger partial charge in [-0.1, -0.05) is 13.3 Å². The summed E-state index contributed by atoms with van der Waals surface area (Å²) in [6.45, 7) is 4.35. The van der Waals surface area contributed by atoms with Gasteiger partial charge in [0, 0.05) is 6.54 Å². The van der Waals surface area contributed by atoms with Gasteiger partial charge in [-0.05, 0) is 48.0 Å². The molecule has 2 aromatic heterocycles. The van der Waals surface area contributed by atoms with Crippen molar-refractivity contribution in [2.45, 2.75) is 39.8 Å². The molecule has 1 aromatic carbocycles. The molecule has 0 atom stereocenters. The van der Waals surface area contributed by atoms with Crippen LogP contribution in [0, 0.1) is 12.7 Å². The van der Waals surface area contributed by atoms with Crippen molar-refractivity contribution >= 4 is 5.97 Å². The molecule has 3 rings (SSSR count). The van der Waals surface area contributed by atoms with E-state index in [2.05, 4.69) is 32.5 Å². The topological polar surface area (TPSA) is 101 Å². The second kappa shape index (κ2) is 7.81. The quantitative estimate of drug-likeness (QED) is 0.593. The van der Waals surface area contributed by atoms with E-state index in [4.69, 9.17) is 4.74 Å². The predicted octanol–water partition coefficient (Wildman–Crippen LogP) is 1.86. The van der Waals surface area contributed by atoms with Gasteiger partial charge in [-0.3, -0.25) is 0 Å². The van der Waals surface area contributed by atoms with Crippen molar-refractivity contribution < 1.29 is 13.9 Å². The van der Waals surface area contributed by atoms with Gasteiger partial charge in [0.05, 0.1) is 5.69 Å². The fraction of sp³-hybridized carbons (Fsp3) is 0.375. The Hall–Kier alpha value is -3.17. The lowest BCUT2D eigenvalue weighted by Crippen LogP contribution is -2.12. The van der Waals surface area contributed by atoms with Crippen LogP contribution in [0.2, 0.25) is 0 Å². The number of aromatic nitrogens is 7. The summed E-state index contributed by atoms with van der Waals surface area (Å²) in [6, 6.07) is 5.72. The van der Waals surface area contributed by atoms with Crippen LogP contribution in [0.3, 0.4) is 0 Å². The lowest BCUT2D eigenvalue weighted by atomic mass is 10.3. The monoisotopic (exact) mass is 359 g/mol. The number of benzene rings is 1. The first-order chi connectivity index (χ1) is 12.6. The van der Waals surface area contributed by atoms with Crippen LogP contribution in [0.15, 0.2) is 24.3 Å².